The van der Waals surface area contributed by atoms with Gasteiger partial charge in [-0.1, -0.05) is 12.1 Å². The molecular weight excluding hydrogens is 365 g/mol. The molecule has 0 aliphatic heterocycles. The van der Waals surface area contributed by atoms with Crippen molar-refractivity contribution in [3.05, 3.63) is 63.4 Å². The highest BCUT2D eigenvalue weighted by atomic mass is 127. The molecule has 0 radical (unpaired) electrons. The van der Waals surface area contributed by atoms with Crippen LogP contribution in [0.4, 0.5) is 0 Å². The summed E-state index contributed by atoms with van der Waals surface area (Å²) in [6, 6.07) is 13.3. The lowest BCUT2D eigenvalue weighted by Gasteiger charge is -2.02. The molecule has 1 N–H and O–H groups in total. The fourth-order valence-electron chi connectivity index (χ4n) is 2.20. The fraction of sp³-hybridized carbons (Fsp3) is 0.0625. The molecule has 0 fully saturated rings. The van der Waals surface area contributed by atoms with Gasteiger partial charge in [0.2, 0.25) is 0 Å². The van der Waals surface area contributed by atoms with E-state index in [1.807, 2.05) is 42.5 Å². The zero-order valence-corrected chi connectivity index (χ0v) is 13.0. The summed E-state index contributed by atoms with van der Waals surface area (Å²) >= 11 is 2.21. The summed E-state index contributed by atoms with van der Waals surface area (Å²) in [7, 11) is 1.62. The first kappa shape index (κ1) is 13.2. The van der Waals surface area contributed by atoms with Crippen LogP contribution in [0.3, 0.4) is 0 Å². The van der Waals surface area contributed by atoms with Gasteiger partial charge in [0.15, 0.2) is 5.78 Å². The van der Waals surface area contributed by atoms with Crippen molar-refractivity contribution in [3.8, 4) is 5.75 Å². The Labute approximate surface area is 130 Å². The van der Waals surface area contributed by atoms with E-state index in [-0.39, 0.29) is 5.78 Å². The van der Waals surface area contributed by atoms with Crippen molar-refractivity contribution in [1.29, 1.82) is 0 Å². The minimum atomic E-state index is 0.0167. The van der Waals surface area contributed by atoms with Gasteiger partial charge in [0, 0.05) is 31.8 Å². The smallest absolute Gasteiger partial charge is 0.195 e. The van der Waals surface area contributed by atoms with Crippen LogP contribution >= 0.6 is 22.6 Å². The average Bonchev–Trinajstić information content (AvgIpc) is 2.89. The molecule has 0 unspecified atom stereocenters. The second kappa shape index (κ2) is 5.28. The van der Waals surface area contributed by atoms with E-state index in [1.54, 1.807) is 13.3 Å². The summed E-state index contributed by atoms with van der Waals surface area (Å²) in [5.41, 5.74) is 2.29. The molecule has 0 atom stereocenters. The first-order valence-electron chi connectivity index (χ1n) is 6.14. The Hall–Kier alpha value is -1.82. The van der Waals surface area contributed by atoms with E-state index in [1.165, 1.54) is 0 Å². The largest absolute Gasteiger partial charge is 0.497 e. The summed E-state index contributed by atoms with van der Waals surface area (Å²) in [6.07, 6.45) is 1.76. The predicted octanol–water partition coefficient (Wildman–Crippen LogP) is 4.01. The van der Waals surface area contributed by atoms with Gasteiger partial charge in [0.1, 0.15) is 5.75 Å². The fourth-order valence-corrected chi connectivity index (χ4v) is 2.74. The van der Waals surface area contributed by atoms with Crippen LogP contribution in [0, 0.1) is 3.57 Å². The molecule has 3 nitrogen and oxygen atoms in total. The number of carbonyl (C=O) groups excluding carboxylic acids is 1. The molecule has 0 saturated carbocycles. The van der Waals surface area contributed by atoms with Gasteiger partial charge < -0.3 is 9.72 Å². The zero-order valence-electron chi connectivity index (χ0n) is 10.8. The number of hydrogen-bond acceptors (Lipinski definition) is 2. The number of ketones is 1. The third-order valence-corrected chi connectivity index (χ3v) is 3.89. The molecule has 2 aromatic carbocycles. The highest BCUT2D eigenvalue weighted by Crippen LogP contribution is 2.25. The van der Waals surface area contributed by atoms with Gasteiger partial charge in [-0.3, -0.25) is 4.79 Å². The molecule has 0 amide bonds. The number of benzene rings is 2. The first-order chi connectivity index (χ1) is 9.69. The van der Waals surface area contributed by atoms with Gasteiger partial charge in [-0.2, -0.15) is 0 Å². The lowest BCUT2D eigenvalue weighted by Crippen LogP contribution is -2.00. The summed E-state index contributed by atoms with van der Waals surface area (Å²) in [6.45, 7) is 0. The standard InChI is InChI=1S/C16H12INO2/c1-20-12-5-6-15-13(8-12)14(9-18-15)16(19)10-3-2-4-11(17)7-10/h2-9,18H,1H3. The van der Waals surface area contributed by atoms with Crippen molar-refractivity contribution in [2.24, 2.45) is 0 Å². The monoisotopic (exact) mass is 377 g/mol. The van der Waals surface area contributed by atoms with Crippen molar-refractivity contribution in [3.63, 3.8) is 0 Å². The lowest BCUT2D eigenvalue weighted by atomic mass is 10.0. The van der Waals surface area contributed by atoms with Crippen molar-refractivity contribution in [2.45, 2.75) is 0 Å². The van der Waals surface area contributed by atoms with Gasteiger partial charge in [0.05, 0.1) is 7.11 Å². The molecule has 0 saturated heterocycles. The number of ether oxygens (including phenoxy) is 1. The predicted molar refractivity (Wildman–Crippen MR) is 87.4 cm³/mol. The zero-order chi connectivity index (χ0) is 14.1. The highest BCUT2D eigenvalue weighted by Gasteiger charge is 2.14. The van der Waals surface area contributed by atoms with Gasteiger partial charge in [-0.25, -0.2) is 0 Å². The Balaban J connectivity index is 2.12. The molecule has 0 spiro atoms. The van der Waals surface area contributed by atoms with Crippen LogP contribution in [0.25, 0.3) is 10.9 Å². The second-order valence-electron chi connectivity index (χ2n) is 4.45. The maximum atomic E-state index is 12.6. The molecule has 4 heteroatoms. The molecule has 0 aliphatic rings. The van der Waals surface area contributed by atoms with Gasteiger partial charge in [-0.15, -0.1) is 0 Å². The van der Waals surface area contributed by atoms with Crippen LogP contribution in [-0.4, -0.2) is 17.9 Å². The van der Waals surface area contributed by atoms with Crippen molar-refractivity contribution in [2.75, 3.05) is 7.11 Å². The highest BCUT2D eigenvalue weighted by molar-refractivity contribution is 14.1. The van der Waals surface area contributed by atoms with Crippen LogP contribution in [0.15, 0.2) is 48.7 Å². The molecule has 0 bridgehead atoms. The molecule has 1 heterocycles. The maximum absolute atomic E-state index is 12.6. The maximum Gasteiger partial charge on any atom is 0.195 e. The summed E-state index contributed by atoms with van der Waals surface area (Å²) < 4.78 is 6.27. The van der Waals surface area contributed by atoms with Gasteiger partial charge in [-0.05, 0) is 52.9 Å². The van der Waals surface area contributed by atoms with Crippen molar-refractivity contribution >= 4 is 39.3 Å². The number of hydrogen-bond donors (Lipinski definition) is 1. The number of H-pyrrole nitrogens is 1. The number of nitrogens with one attached hydrogen (secondary N) is 1. The molecule has 1 aromatic heterocycles. The number of rotatable bonds is 3. The third-order valence-electron chi connectivity index (χ3n) is 3.22. The Bertz CT molecular complexity index is 792. The molecular formula is C16H12INO2. The van der Waals surface area contributed by atoms with E-state index in [9.17, 15) is 4.79 Å². The van der Waals surface area contributed by atoms with Gasteiger partial charge >= 0.3 is 0 Å². The van der Waals surface area contributed by atoms with E-state index in [0.717, 1.165) is 20.2 Å². The summed E-state index contributed by atoms with van der Waals surface area (Å²) in [4.78, 5) is 15.7. The summed E-state index contributed by atoms with van der Waals surface area (Å²) in [5, 5.41) is 0.883. The Morgan fingerprint density at radius 2 is 2.05 bits per heavy atom. The van der Waals surface area contributed by atoms with Gasteiger partial charge in [0.25, 0.3) is 0 Å². The van der Waals surface area contributed by atoms with Crippen LogP contribution in [0.2, 0.25) is 0 Å². The topological polar surface area (TPSA) is 42.1 Å². The minimum Gasteiger partial charge on any atom is -0.497 e. The molecule has 0 aliphatic carbocycles. The number of halogens is 1. The van der Waals surface area contributed by atoms with Crippen LogP contribution < -0.4 is 4.74 Å². The Morgan fingerprint density at radius 1 is 1.20 bits per heavy atom. The van der Waals surface area contributed by atoms with E-state index in [0.29, 0.717) is 11.1 Å². The normalized spacial score (nSPS) is 10.7. The molecule has 100 valence electrons. The number of aromatic amines is 1. The minimum absolute atomic E-state index is 0.0167. The lowest BCUT2D eigenvalue weighted by molar-refractivity contribution is 0.104. The average molecular weight is 377 g/mol. The Morgan fingerprint density at radius 3 is 2.80 bits per heavy atom. The van der Waals surface area contributed by atoms with E-state index >= 15 is 0 Å². The third kappa shape index (κ3) is 2.31. The first-order valence-corrected chi connectivity index (χ1v) is 7.22. The Kier molecular flexibility index (Phi) is 3.48. The summed E-state index contributed by atoms with van der Waals surface area (Å²) in [5.74, 6) is 0.761. The molecule has 20 heavy (non-hydrogen) atoms. The second-order valence-corrected chi connectivity index (χ2v) is 5.70. The van der Waals surface area contributed by atoms with E-state index in [2.05, 4.69) is 27.6 Å². The van der Waals surface area contributed by atoms with Crippen molar-refractivity contribution in [1.82, 2.24) is 4.98 Å². The van der Waals surface area contributed by atoms with E-state index in [4.69, 9.17) is 4.74 Å². The van der Waals surface area contributed by atoms with Crippen LogP contribution in [0.5, 0.6) is 5.75 Å². The quantitative estimate of drug-likeness (QED) is 0.554. The number of methoxy groups -OCH3 is 1. The van der Waals surface area contributed by atoms with Crippen LogP contribution in [-0.2, 0) is 0 Å². The number of aromatic nitrogens is 1. The van der Waals surface area contributed by atoms with E-state index < -0.39 is 0 Å². The number of fused-ring (bicyclic) bond motifs is 1. The van der Waals surface area contributed by atoms with Crippen molar-refractivity contribution < 1.29 is 9.53 Å². The number of carbonyl (C=O) groups is 1. The molecule has 3 rings (SSSR count). The van der Waals surface area contributed by atoms with Crippen LogP contribution in [0.1, 0.15) is 15.9 Å². The molecule has 3 aromatic rings. The SMILES string of the molecule is COc1ccc2[nH]cc(C(=O)c3cccc(I)c3)c2c1.